The molecule has 1 amide bonds. The highest BCUT2D eigenvalue weighted by atomic mass is 16.6. The first-order valence-electron chi connectivity index (χ1n) is 8.35. The highest BCUT2D eigenvalue weighted by Gasteiger charge is 2.35. The number of carbonyl (C=O) groups is 3. The average molecular weight is 372 g/mol. The molecule has 0 aromatic heterocycles. The Balaban J connectivity index is 1.91. The van der Waals surface area contributed by atoms with Gasteiger partial charge in [0.1, 0.15) is 5.69 Å². The van der Waals surface area contributed by atoms with E-state index in [0.717, 1.165) is 6.07 Å². The van der Waals surface area contributed by atoms with E-state index in [4.69, 9.17) is 0 Å². The molecule has 0 atom stereocenters. The number of ketones is 2. The lowest BCUT2D eigenvalue weighted by atomic mass is 9.83. The van der Waals surface area contributed by atoms with Crippen LogP contribution in [-0.2, 0) is 0 Å². The van der Waals surface area contributed by atoms with Crippen LogP contribution in [0.1, 0.15) is 42.2 Å². The zero-order valence-electron chi connectivity index (χ0n) is 14.3. The van der Waals surface area contributed by atoms with Crippen molar-refractivity contribution in [1.29, 1.82) is 0 Å². The third-order valence-corrected chi connectivity index (χ3v) is 4.54. The minimum absolute atomic E-state index is 0.0256. The van der Waals surface area contributed by atoms with Gasteiger partial charge in [0.2, 0.25) is 0 Å². The molecule has 0 spiro atoms. The summed E-state index contributed by atoms with van der Waals surface area (Å²) in [5, 5.41) is 14.0. The number of fused-ring (bicyclic) bond motifs is 2. The maximum absolute atomic E-state index is 13.0. The summed E-state index contributed by atoms with van der Waals surface area (Å²) in [4.78, 5) is 49.2. The fraction of sp³-hybridized carbons (Fsp3) is 0. The van der Waals surface area contributed by atoms with Gasteiger partial charge in [-0.25, -0.2) is 0 Å². The van der Waals surface area contributed by atoms with Gasteiger partial charge in [-0.15, -0.1) is 0 Å². The summed E-state index contributed by atoms with van der Waals surface area (Å²) < 4.78 is 0. The van der Waals surface area contributed by atoms with Crippen LogP contribution in [0, 0.1) is 10.1 Å². The monoisotopic (exact) mass is 372 g/mol. The van der Waals surface area contributed by atoms with Crippen molar-refractivity contribution < 1.29 is 19.3 Å². The molecule has 1 aliphatic rings. The van der Waals surface area contributed by atoms with E-state index in [-0.39, 0.29) is 33.5 Å². The summed E-state index contributed by atoms with van der Waals surface area (Å²) >= 11 is 0. The van der Waals surface area contributed by atoms with Gasteiger partial charge in [-0.1, -0.05) is 42.5 Å². The number of nitrogens with one attached hydrogen (secondary N) is 1. The van der Waals surface area contributed by atoms with Crippen molar-refractivity contribution in [3.8, 4) is 0 Å². The molecular formula is C21H12N2O5. The Morgan fingerprint density at radius 3 is 2.04 bits per heavy atom. The largest absolute Gasteiger partial charge is 0.316 e. The van der Waals surface area contributed by atoms with Crippen LogP contribution in [0.3, 0.4) is 0 Å². The average Bonchev–Trinajstić information content (AvgIpc) is 2.72. The molecule has 0 heterocycles. The molecule has 3 aromatic carbocycles. The van der Waals surface area contributed by atoms with Crippen molar-refractivity contribution in [2.24, 2.45) is 0 Å². The van der Waals surface area contributed by atoms with E-state index in [9.17, 15) is 24.5 Å². The van der Waals surface area contributed by atoms with Gasteiger partial charge in [-0.2, -0.15) is 0 Å². The fourth-order valence-corrected chi connectivity index (χ4v) is 3.23. The first-order chi connectivity index (χ1) is 13.5. The molecule has 0 saturated carbocycles. The minimum atomic E-state index is -0.695. The quantitative estimate of drug-likeness (QED) is 0.437. The standard InChI is InChI=1S/C21H12N2O5/c24-19-13-8-4-5-9-14(13)20(25)17-15(19)10-11-16(23(27)28)18(17)22-21(26)12-6-2-1-3-7-12/h1-11H,(H,22,26). The van der Waals surface area contributed by atoms with Gasteiger partial charge >= 0.3 is 0 Å². The fourth-order valence-electron chi connectivity index (χ4n) is 3.23. The van der Waals surface area contributed by atoms with Crippen molar-refractivity contribution in [2.45, 2.75) is 0 Å². The van der Waals surface area contributed by atoms with E-state index < -0.39 is 28.1 Å². The number of anilines is 1. The molecule has 3 aromatic rings. The maximum atomic E-state index is 13.0. The molecule has 0 radical (unpaired) electrons. The van der Waals surface area contributed by atoms with E-state index in [1.54, 1.807) is 42.5 Å². The van der Waals surface area contributed by atoms with Gasteiger partial charge in [0, 0.05) is 28.3 Å². The highest BCUT2D eigenvalue weighted by Crippen LogP contribution is 2.37. The topological polar surface area (TPSA) is 106 Å². The summed E-state index contributed by atoms with van der Waals surface area (Å²) in [7, 11) is 0. The van der Waals surface area contributed by atoms with E-state index in [2.05, 4.69) is 5.32 Å². The summed E-state index contributed by atoms with van der Waals surface area (Å²) in [6.07, 6.45) is 0. The number of hydrogen-bond donors (Lipinski definition) is 1. The van der Waals surface area contributed by atoms with Gasteiger partial charge < -0.3 is 5.32 Å². The molecule has 136 valence electrons. The Morgan fingerprint density at radius 2 is 1.39 bits per heavy atom. The number of benzene rings is 3. The van der Waals surface area contributed by atoms with Gasteiger partial charge in [0.25, 0.3) is 11.6 Å². The molecule has 1 N–H and O–H groups in total. The van der Waals surface area contributed by atoms with Gasteiger partial charge in [0.15, 0.2) is 11.6 Å². The SMILES string of the molecule is O=C(Nc1c([N+](=O)[O-])ccc2c1C(=O)c1ccccc1C2=O)c1ccccc1. The van der Waals surface area contributed by atoms with Crippen LogP contribution in [-0.4, -0.2) is 22.4 Å². The minimum Gasteiger partial charge on any atom is -0.316 e. The molecule has 0 saturated heterocycles. The number of nitro groups is 1. The second-order valence-corrected chi connectivity index (χ2v) is 6.16. The van der Waals surface area contributed by atoms with Gasteiger partial charge in [0.05, 0.1) is 10.5 Å². The number of nitro benzene ring substituents is 1. The molecule has 0 fully saturated rings. The van der Waals surface area contributed by atoms with Crippen LogP contribution < -0.4 is 5.32 Å². The smallest absolute Gasteiger partial charge is 0.293 e. The molecule has 1 aliphatic carbocycles. The summed E-state index contributed by atoms with van der Waals surface area (Å²) in [6, 6.07) is 16.7. The predicted molar refractivity (Wildman–Crippen MR) is 101 cm³/mol. The number of hydrogen-bond acceptors (Lipinski definition) is 5. The molecular weight excluding hydrogens is 360 g/mol. The van der Waals surface area contributed by atoms with Crippen LogP contribution in [0.4, 0.5) is 11.4 Å². The lowest BCUT2D eigenvalue weighted by Crippen LogP contribution is -2.24. The zero-order valence-corrected chi connectivity index (χ0v) is 14.3. The van der Waals surface area contributed by atoms with Crippen molar-refractivity contribution in [3.63, 3.8) is 0 Å². The lowest BCUT2D eigenvalue weighted by molar-refractivity contribution is -0.383. The van der Waals surface area contributed by atoms with Crippen LogP contribution in [0.5, 0.6) is 0 Å². The Morgan fingerprint density at radius 1 is 0.786 bits per heavy atom. The molecule has 7 heteroatoms. The zero-order chi connectivity index (χ0) is 19.8. The number of rotatable bonds is 3. The third-order valence-electron chi connectivity index (χ3n) is 4.54. The molecule has 0 aliphatic heterocycles. The Labute approximate surface area is 158 Å². The molecule has 4 rings (SSSR count). The van der Waals surface area contributed by atoms with Gasteiger partial charge in [-0.3, -0.25) is 24.5 Å². The first kappa shape index (κ1) is 17.3. The van der Waals surface area contributed by atoms with Gasteiger partial charge in [-0.05, 0) is 18.2 Å². The van der Waals surface area contributed by atoms with E-state index in [1.807, 2.05) is 0 Å². The Hall–Kier alpha value is -4.13. The molecule has 28 heavy (non-hydrogen) atoms. The highest BCUT2D eigenvalue weighted by molar-refractivity contribution is 6.31. The lowest BCUT2D eigenvalue weighted by Gasteiger charge is -2.20. The normalized spacial score (nSPS) is 12.1. The van der Waals surface area contributed by atoms with E-state index in [1.165, 1.54) is 18.2 Å². The first-order valence-corrected chi connectivity index (χ1v) is 8.35. The number of nitrogens with zero attached hydrogens (tertiary/aromatic N) is 1. The van der Waals surface area contributed by atoms with Crippen molar-refractivity contribution in [3.05, 3.63) is 105 Å². The second-order valence-electron chi connectivity index (χ2n) is 6.16. The molecule has 7 nitrogen and oxygen atoms in total. The van der Waals surface area contributed by atoms with Crippen LogP contribution in [0.15, 0.2) is 66.7 Å². The van der Waals surface area contributed by atoms with Crippen molar-refractivity contribution in [2.75, 3.05) is 5.32 Å². The Bertz CT molecular complexity index is 1170. The Kier molecular flexibility index (Phi) is 4.04. The van der Waals surface area contributed by atoms with Crippen molar-refractivity contribution >= 4 is 28.8 Å². The maximum Gasteiger partial charge on any atom is 0.293 e. The summed E-state index contributed by atoms with van der Waals surface area (Å²) in [5.41, 5.74) is -0.220. The molecule has 0 bridgehead atoms. The predicted octanol–water partition coefficient (Wildman–Crippen LogP) is 3.62. The second kappa shape index (κ2) is 6.55. The number of amides is 1. The summed E-state index contributed by atoms with van der Waals surface area (Å²) in [6.45, 7) is 0. The summed E-state index contributed by atoms with van der Waals surface area (Å²) in [5.74, 6) is -1.58. The molecule has 0 unspecified atom stereocenters. The van der Waals surface area contributed by atoms with Crippen molar-refractivity contribution in [1.82, 2.24) is 0 Å². The van der Waals surface area contributed by atoms with Crippen LogP contribution >= 0.6 is 0 Å². The van der Waals surface area contributed by atoms with E-state index in [0.29, 0.717) is 0 Å². The van der Waals surface area contributed by atoms with E-state index >= 15 is 0 Å². The number of carbonyl (C=O) groups excluding carboxylic acids is 3. The van der Waals surface area contributed by atoms with Crippen LogP contribution in [0.25, 0.3) is 0 Å². The van der Waals surface area contributed by atoms with Crippen LogP contribution in [0.2, 0.25) is 0 Å². The third kappa shape index (κ3) is 2.66.